The van der Waals surface area contributed by atoms with Gasteiger partial charge >= 0.3 is 5.97 Å². The van der Waals surface area contributed by atoms with Crippen LogP contribution in [0.25, 0.3) is 0 Å². The Morgan fingerprint density at radius 1 is 1.29 bits per heavy atom. The van der Waals surface area contributed by atoms with Crippen LogP contribution in [0.3, 0.4) is 0 Å². The van der Waals surface area contributed by atoms with Crippen molar-refractivity contribution in [2.24, 2.45) is 5.92 Å². The number of allylic oxidation sites excluding steroid dienone is 4. The molecule has 1 aliphatic carbocycles. The van der Waals surface area contributed by atoms with Crippen molar-refractivity contribution < 1.29 is 29.0 Å². The number of ether oxygens (including phenoxy) is 1. The zero-order chi connectivity index (χ0) is 16.7. The first-order chi connectivity index (χ1) is 9.15. The van der Waals surface area contributed by atoms with Gasteiger partial charge in [0.25, 0.3) is 10.2 Å². The summed E-state index contributed by atoms with van der Waals surface area (Å²) in [6.45, 7) is 2.56. The average Bonchev–Trinajstić information content (AvgIpc) is 2.27. The predicted molar refractivity (Wildman–Crippen MR) is 78.2 cm³/mol. The number of carbonyl (C=O) groups excluding carboxylic acids is 1. The van der Waals surface area contributed by atoms with Crippen LogP contribution >= 0.6 is 10.2 Å². The largest absolute Gasteiger partial charge is 0.462 e. The van der Waals surface area contributed by atoms with E-state index in [1.165, 1.54) is 6.92 Å². The molecule has 0 aromatic rings. The van der Waals surface area contributed by atoms with Gasteiger partial charge in [0.15, 0.2) is 0 Å². The Balaban J connectivity index is 3.34. The molecule has 1 rings (SSSR count). The standard InChI is InChI=1S/C12H15F5O2S2/c1-7-4-8(2)11(21(13,14,15,16)17)6-9(7)5-10(20)12(18)19-3/h4-6,8,11,20H,1-3H3/p+1/b10-5-. The molecule has 0 fully saturated rings. The number of carbonyl (C=O) groups is 1. The Bertz CT molecular complexity index is 560. The van der Waals surface area contributed by atoms with Gasteiger partial charge in [-0.15, -0.1) is 0 Å². The number of esters is 1. The van der Waals surface area contributed by atoms with Crippen LogP contribution in [0.5, 0.6) is 0 Å². The van der Waals surface area contributed by atoms with Gasteiger partial charge in [-0.1, -0.05) is 38.5 Å². The van der Waals surface area contributed by atoms with Gasteiger partial charge in [-0.2, -0.15) is 0 Å². The van der Waals surface area contributed by atoms with Gasteiger partial charge in [0.1, 0.15) is 5.25 Å². The predicted octanol–water partition coefficient (Wildman–Crippen LogP) is 4.24. The Hall–Kier alpha value is -0.960. The second kappa shape index (κ2) is 4.77. The molecule has 21 heavy (non-hydrogen) atoms. The number of hydrogen-bond donors (Lipinski definition) is 0. The first kappa shape index (κ1) is 18.1. The molecular weight excluding hydrogens is 335 g/mol. The fourth-order valence-corrected chi connectivity index (χ4v) is 3.62. The summed E-state index contributed by atoms with van der Waals surface area (Å²) in [5, 5.41) is -2.86. The van der Waals surface area contributed by atoms with E-state index in [2.05, 4.69) is 17.4 Å². The topological polar surface area (TPSA) is 26.3 Å². The summed E-state index contributed by atoms with van der Waals surface area (Å²) in [5.74, 6) is -2.20. The monoisotopic (exact) mass is 351 g/mol. The molecular formula is C12H16F5O2S2+. The first-order valence-corrected chi connectivity index (χ1v) is 8.32. The second-order valence-electron chi connectivity index (χ2n) is 4.87. The Labute approximate surface area is 124 Å². The van der Waals surface area contributed by atoms with E-state index in [-0.39, 0.29) is 10.5 Å². The van der Waals surface area contributed by atoms with Gasteiger partial charge in [-0.3, -0.25) is 0 Å². The molecule has 122 valence electrons. The normalized spacial score (nSPS) is 27.2. The van der Waals surface area contributed by atoms with Gasteiger partial charge in [-0.05, 0) is 24.0 Å². The molecule has 2 atom stereocenters. The molecule has 0 saturated carbocycles. The van der Waals surface area contributed by atoms with Gasteiger partial charge in [0.2, 0.25) is 4.91 Å². The lowest BCUT2D eigenvalue weighted by Gasteiger charge is -2.48. The fourth-order valence-electron chi connectivity index (χ4n) is 2.07. The molecule has 0 bridgehead atoms. The molecule has 0 spiro atoms. The summed E-state index contributed by atoms with van der Waals surface area (Å²) in [6, 6.07) is 0. The zero-order valence-corrected chi connectivity index (χ0v) is 13.3. The second-order valence-corrected chi connectivity index (χ2v) is 8.01. The van der Waals surface area contributed by atoms with E-state index in [4.69, 9.17) is 0 Å². The molecule has 0 saturated heterocycles. The maximum atomic E-state index is 13.0. The van der Waals surface area contributed by atoms with Gasteiger partial charge in [0.05, 0.1) is 7.11 Å². The smallest absolute Gasteiger partial charge is 0.386 e. The molecule has 2 unspecified atom stereocenters. The van der Waals surface area contributed by atoms with Crippen LogP contribution in [0.2, 0.25) is 0 Å². The van der Waals surface area contributed by atoms with E-state index in [0.29, 0.717) is 11.6 Å². The van der Waals surface area contributed by atoms with E-state index >= 15 is 0 Å². The number of rotatable bonds is 3. The number of halogens is 5. The first-order valence-electron chi connectivity index (χ1n) is 5.81. The summed E-state index contributed by atoms with van der Waals surface area (Å²) in [5.41, 5.74) is 0.280. The van der Waals surface area contributed by atoms with Crippen molar-refractivity contribution in [1.29, 1.82) is 0 Å². The summed E-state index contributed by atoms with van der Waals surface area (Å²) in [6.07, 6.45) is 2.62. The molecule has 0 N–H and O–H groups in total. The summed E-state index contributed by atoms with van der Waals surface area (Å²) in [7, 11) is -8.58. The van der Waals surface area contributed by atoms with Crippen LogP contribution < -0.4 is 0 Å². The van der Waals surface area contributed by atoms with Crippen LogP contribution in [0.1, 0.15) is 13.8 Å². The minimum absolute atomic E-state index is 0.0956. The highest BCUT2D eigenvalue weighted by Gasteiger charge is 2.70. The van der Waals surface area contributed by atoms with Gasteiger partial charge in [-0.25, -0.2) is 4.79 Å². The van der Waals surface area contributed by atoms with Crippen molar-refractivity contribution in [1.82, 2.24) is 0 Å². The number of methoxy groups -OCH3 is 1. The van der Waals surface area contributed by atoms with Gasteiger partial charge in [0, 0.05) is 18.7 Å². The molecule has 0 aromatic heterocycles. The van der Waals surface area contributed by atoms with Crippen molar-refractivity contribution in [2.75, 3.05) is 7.11 Å². The van der Waals surface area contributed by atoms with E-state index in [1.807, 2.05) is 0 Å². The van der Waals surface area contributed by atoms with Crippen LogP contribution in [0, 0.1) is 5.92 Å². The molecule has 0 aromatic carbocycles. The number of hydrogen-bond acceptors (Lipinski definition) is 2. The maximum Gasteiger partial charge on any atom is 0.386 e. The Morgan fingerprint density at radius 2 is 1.81 bits per heavy atom. The lowest BCUT2D eigenvalue weighted by Crippen LogP contribution is -2.31. The molecule has 0 heterocycles. The van der Waals surface area contributed by atoms with Gasteiger partial charge < -0.3 is 4.74 Å². The molecule has 0 aliphatic heterocycles. The molecule has 1 aliphatic rings. The Kier molecular flexibility index (Phi) is 4.11. The van der Waals surface area contributed by atoms with Crippen molar-refractivity contribution in [2.45, 2.75) is 19.1 Å². The van der Waals surface area contributed by atoms with Crippen LogP contribution in [-0.4, -0.2) is 18.3 Å². The fraction of sp³-hybridized carbons (Fsp3) is 0.417. The summed E-state index contributed by atoms with van der Waals surface area (Å²) in [4.78, 5) is 11.1. The molecule has 0 radical (unpaired) electrons. The maximum absolute atomic E-state index is 13.0. The van der Waals surface area contributed by atoms with E-state index in [0.717, 1.165) is 26.2 Å². The summed E-state index contributed by atoms with van der Waals surface area (Å²) >= 11 is 2.89. The third kappa shape index (κ3) is 4.50. The van der Waals surface area contributed by atoms with Crippen molar-refractivity contribution in [3.05, 3.63) is 34.3 Å². The minimum atomic E-state index is -9.67. The van der Waals surface area contributed by atoms with Crippen LogP contribution in [0.4, 0.5) is 19.4 Å². The summed E-state index contributed by atoms with van der Waals surface area (Å²) < 4.78 is 69.5. The lowest BCUT2D eigenvalue weighted by molar-refractivity contribution is -0.135. The van der Waals surface area contributed by atoms with E-state index < -0.39 is 27.4 Å². The molecule has 0 amide bonds. The SMILES string of the molecule is COC(=O)/C([SH2+])=C/C1=CC(S(F)(F)(F)(F)F)C(C)C=C1C. The van der Waals surface area contributed by atoms with E-state index in [9.17, 15) is 24.2 Å². The average molecular weight is 351 g/mol. The van der Waals surface area contributed by atoms with Crippen LogP contribution in [-0.2, 0) is 22.2 Å². The zero-order valence-electron chi connectivity index (χ0n) is 11.5. The van der Waals surface area contributed by atoms with Crippen molar-refractivity contribution in [3.8, 4) is 0 Å². The molecule has 2 nitrogen and oxygen atoms in total. The van der Waals surface area contributed by atoms with E-state index in [1.54, 1.807) is 0 Å². The highest BCUT2D eigenvalue weighted by atomic mass is 32.5. The highest BCUT2D eigenvalue weighted by Crippen LogP contribution is 3.01. The molecule has 9 heteroatoms. The van der Waals surface area contributed by atoms with Crippen molar-refractivity contribution in [3.63, 3.8) is 0 Å². The minimum Gasteiger partial charge on any atom is -0.462 e. The highest BCUT2D eigenvalue weighted by molar-refractivity contribution is 8.46. The quantitative estimate of drug-likeness (QED) is 0.329. The third-order valence-electron chi connectivity index (χ3n) is 3.05. The lowest BCUT2D eigenvalue weighted by atomic mass is 9.92. The Morgan fingerprint density at radius 3 is 2.24 bits per heavy atom. The van der Waals surface area contributed by atoms with Crippen molar-refractivity contribution >= 4 is 28.8 Å². The van der Waals surface area contributed by atoms with Crippen LogP contribution in [0.15, 0.2) is 34.3 Å². The third-order valence-corrected chi connectivity index (χ3v) is 4.99.